The van der Waals surface area contributed by atoms with E-state index in [1.54, 1.807) is 0 Å². The SMILES string of the molecule is CNCCC(=O)NCC1(c2cccc(C)c2)CCCC1. The van der Waals surface area contributed by atoms with Crippen LogP contribution in [0.2, 0.25) is 0 Å². The highest BCUT2D eigenvalue weighted by Crippen LogP contribution is 2.40. The highest BCUT2D eigenvalue weighted by Gasteiger charge is 2.35. The molecule has 0 bridgehead atoms. The van der Waals surface area contributed by atoms with Crippen molar-refractivity contribution < 1.29 is 4.79 Å². The molecule has 0 radical (unpaired) electrons. The second-order valence-electron chi connectivity index (χ2n) is 5.99. The molecular weight excluding hydrogens is 248 g/mol. The summed E-state index contributed by atoms with van der Waals surface area (Å²) in [4.78, 5) is 11.8. The summed E-state index contributed by atoms with van der Waals surface area (Å²) in [6.45, 7) is 3.65. The molecule has 1 aromatic rings. The fraction of sp³-hybridized carbons (Fsp3) is 0.588. The first-order valence-electron chi connectivity index (χ1n) is 7.65. The molecule has 0 atom stereocenters. The van der Waals surface area contributed by atoms with Gasteiger partial charge in [-0.05, 0) is 32.4 Å². The minimum atomic E-state index is 0.151. The number of hydrogen-bond donors (Lipinski definition) is 2. The minimum absolute atomic E-state index is 0.151. The van der Waals surface area contributed by atoms with Crippen LogP contribution in [-0.2, 0) is 10.2 Å². The number of amides is 1. The molecule has 0 aliphatic heterocycles. The molecule has 20 heavy (non-hydrogen) atoms. The van der Waals surface area contributed by atoms with Crippen LogP contribution in [0.3, 0.4) is 0 Å². The van der Waals surface area contributed by atoms with E-state index in [9.17, 15) is 4.79 Å². The van der Waals surface area contributed by atoms with Crippen molar-refractivity contribution >= 4 is 5.91 Å². The summed E-state index contributed by atoms with van der Waals surface area (Å²) in [6, 6.07) is 8.77. The number of rotatable bonds is 6. The fourth-order valence-electron chi connectivity index (χ4n) is 3.19. The third kappa shape index (κ3) is 3.60. The molecule has 2 N–H and O–H groups in total. The van der Waals surface area contributed by atoms with Crippen LogP contribution in [-0.4, -0.2) is 26.0 Å². The van der Waals surface area contributed by atoms with E-state index in [1.807, 2.05) is 7.05 Å². The van der Waals surface area contributed by atoms with Gasteiger partial charge in [0.25, 0.3) is 0 Å². The minimum Gasteiger partial charge on any atom is -0.355 e. The second kappa shape index (κ2) is 6.89. The molecule has 1 aromatic carbocycles. The van der Waals surface area contributed by atoms with Crippen molar-refractivity contribution in [1.82, 2.24) is 10.6 Å². The van der Waals surface area contributed by atoms with E-state index in [2.05, 4.69) is 41.8 Å². The Labute approximate surface area is 122 Å². The third-order valence-corrected chi connectivity index (χ3v) is 4.42. The van der Waals surface area contributed by atoms with Gasteiger partial charge in [0.2, 0.25) is 5.91 Å². The van der Waals surface area contributed by atoms with Gasteiger partial charge in [-0.15, -0.1) is 0 Å². The maximum Gasteiger partial charge on any atom is 0.221 e. The van der Waals surface area contributed by atoms with E-state index in [0.29, 0.717) is 6.42 Å². The van der Waals surface area contributed by atoms with E-state index >= 15 is 0 Å². The Kier molecular flexibility index (Phi) is 5.18. The number of aryl methyl sites for hydroxylation is 1. The molecule has 0 heterocycles. The van der Waals surface area contributed by atoms with Crippen LogP contribution < -0.4 is 10.6 Å². The summed E-state index contributed by atoms with van der Waals surface area (Å²) in [5.74, 6) is 0.151. The van der Waals surface area contributed by atoms with Crippen LogP contribution >= 0.6 is 0 Å². The highest BCUT2D eigenvalue weighted by molar-refractivity contribution is 5.76. The van der Waals surface area contributed by atoms with Crippen LogP contribution in [0.25, 0.3) is 0 Å². The average Bonchev–Trinajstić information content (AvgIpc) is 2.93. The lowest BCUT2D eigenvalue weighted by Crippen LogP contribution is -2.39. The van der Waals surface area contributed by atoms with Gasteiger partial charge in [0.15, 0.2) is 0 Å². The standard InChI is InChI=1S/C17H26N2O/c1-14-6-5-7-15(12-14)17(9-3-4-10-17)13-19-16(20)8-11-18-2/h5-7,12,18H,3-4,8-11,13H2,1-2H3,(H,19,20). The van der Waals surface area contributed by atoms with Gasteiger partial charge in [0.05, 0.1) is 0 Å². The maximum atomic E-state index is 11.8. The van der Waals surface area contributed by atoms with Crippen LogP contribution in [0.5, 0.6) is 0 Å². The van der Waals surface area contributed by atoms with Gasteiger partial charge in [-0.3, -0.25) is 4.79 Å². The van der Waals surface area contributed by atoms with Gasteiger partial charge < -0.3 is 10.6 Å². The number of hydrogen-bond acceptors (Lipinski definition) is 2. The topological polar surface area (TPSA) is 41.1 Å². The molecule has 1 aliphatic rings. The summed E-state index contributed by atoms with van der Waals surface area (Å²) in [5.41, 5.74) is 2.85. The number of benzene rings is 1. The first kappa shape index (κ1) is 15.0. The van der Waals surface area contributed by atoms with Crippen molar-refractivity contribution in [2.75, 3.05) is 20.1 Å². The van der Waals surface area contributed by atoms with E-state index in [-0.39, 0.29) is 11.3 Å². The molecule has 0 aromatic heterocycles. The smallest absolute Gasteiger partial charge is 0.221 e. The second-order valence-corrected chi connectivity index (χ2v) is 5.99. The Balaban J connectivity index is 2.05. The summed E-state index contributed by atoms with van der Waals surface area (Å²) < 4.78 is 0. The van der Waals surface area contributed by atoms with Gasteiger partial charge in [-0.25, -0.2) is 0 Å². The molecule has 0 spiro atoms. The molecule has 0 unspecified atom stereocenters. The van der Waals surface area contributed by atoms with E-state index < -0.39 is 0 Å². The average molecular weight is 274 g/mol. The fourth-order valence-corrected chi connectivity index (χ4v) is 3.19. The molecule has 0 saturated heterocycles. The molecule has 2 rings (SSSR count). The first-order chi connectivity index (χ1) is 9.66. The van der Waals surface area contributed by atoms with Crippen molar-refractivity contribution in [1.29, 1.82) is 0 Å². The van der Waals surface area contributed by atoms with E-state index in [0.717, 1.165) is 13.1 Å². The lowest BCUT2D eigenvalue weighted by atomic mass is 9.78. The number of carbonyl (C=O) groups excluding carboxylic acids is 1. The molecule has 3 nitrogen and oxygen atoms in total. The zero-order chi connectivity index (χ0) is 14.4. The molecule has 3 heteroatoms. The largest absolute Gasteiger partial charge is 0.355 e. The zero-order valence-corrected chi connectivity index (χ0v) is 12.7. The lowest BCUT2D eigenvalue weighted by molar-refractivity contribution is -0.121. The molecule has 1 amide bonds. The third-order valence-electron chi connectivity index (χ3n) is 4.42. The van der Waals surface area contributed by atoms with Crippen LogP contribution in [0.15, 0.2) is 24.3 Å². The predicted molar refractivity (Wildman–Crippen MR) is 82.9 cm³/mol. The van der Waals surface area contributed by atoms with Crippen LogP contribution in [0.4, 0.5) is 0 Å². The summed E-state index contributed by atoms with van der Waals surface area (Å²) >= 11 is 0. The van der Waals surface area contributed by atoms with Crippen LogP contribution in [0.1, 0.15) is 43.2 Å². The molecule has 1 aliphatic carbocycles. The van der Waals surface area contributed by atoms with Crippen molar-refractivity contribution in [2.45, 2.75) is 44.4 Å². The van der Waals surface area contributed by atoms with Gasteiger partial charge in [0.1, 0.15) is 0 Å². The van der Waals surface area contributed by atoms with E-state index in [4.69, 9.17) is 0 Å². The van der Waals surface area contributed by atoms with Crippen molar-refractivity contribution in [3.05, 3.63) is 35.4 Å². The van der Waals surface area contributed by atoms with Crippen molar-refractivity contribution in [3.63, 3.8) is 0 Å². The molecule has 1 saturated carbocycles. The number of nitrogens with one attached hydrogen (secondary N) is 2. The summed E-state index contributed by atoms with van der Waals surface area (Å²) in [7, 11) is 1.87. The zero-order valence-electron chi connectivity index (χ0n) is 12.7. The van der Waals surface area contributed by atoms with Gasteiger partial charge in [-0.1, -0.05) is 42.7 Å². The normalized spacial score (nSPS) is 17.1. The van der Waals surface area contributed by atoms with Crippen molar-refractivity contribution in [2.24, 2.45) is 0 Å². The Morgan fingerprint density at radius 3 is 2.70 bits per heavy atom. The van der Waals surface area contributed by atoms with Gasteiger partial charge in [0, 0.05) is 24.9 Å². The predicted octanol–water partition coefficient (Wildman–Crippen LogP) is 2.53. The quantitative estimate of drug-likeness (QED) is 0.837. The number of carbonyl (C=O) groups is 1. The summed E-state index contributed by atoms with van der Waals surface area (Å²) in [5, 5.41) is 6.15. The lowest BCUT2D eigenvalue weighted by Gasteiger charge is -2.30. The van der Waals surface area contributed by atoms with Gasteiger partial charge >= 0.3 is 0 Å². The first-order valence-corrected chi connectivity index (χ1v) is 7.65. The Bertz CT molecular complexity index is 450. The monoisotopic (exact) mass is 274 g/mol. The Morgan fingerprint density at radius 1 is 1.30 bits per heavy atom. The van der Waals surface area contributed by atoms with Gasteiger partial charge in [-0.2, -0.15) is 0 Å². The Morgan fingerprint density at radius 2 is 2.05 bits per heavy atom. The molecular formula is C17H26N2O. The van der Waals surface area contributed by atoms with E-state index in [1.165, 1.54) is 36.8 Å². The molecule has 110 valence electrons. The van der Waals surface area contributed by atoms with Crippen molar-refractivity contribution in [3.8, 4) is 0 Å². The Hall–Kier alpha value is -1.35. The maximum absolute atomic E-state index is 11.8. The summed E-state index contributed by atoms with van der Waals surface area (Å²) in [6.07, 6.45) is 5.45. The molecule has 1 fully saturated rings. The highest BCUT2D eigenvalue weighted by atomic mass is 16.1. The van der Waals surface area contributed by atoms with Crippen LogP contribution in [0, 0.1) is 6.92 Å².